The Hall–Kier alpha value is -4.42. The Bertz CT molecular complexity index is 1340. The van der Waals surface area contributed by atoms with E-state index in [4.69, 9.17) is 9.84 Å². The third-order valence-electron chi connectivity index (χ3n) is 6.57. The first-order valence-electron chi connectivity index (χ1n) is 12.7. The molecule has 0 saturated carbocycles. The Morgan fingerprint density at radius 3 is 1.97 bits per heavy atom. The number of para-hydroxylation sites is 1. The highest BCUT2D eigenvalue weighted by Crippen LogP contribution is 2.28. The average molecular weight is 509 g/mol. The predicted octanol–water partition coefficient (Wildman–Crippen LogP) is 7.05. The zero-order valence-corrected chi connectivity index (χ0v) is 21.4. The van der Waals surface area contributed by atoms with Gasteiger partial charge in [-0.1, -0.05) is 97.1 Å². The number of likely N-dealkylation sites (tertiary alicyclic amines) is 1. The molecule has 1 aliphatic rings. The average Bonchev–Trinajstić information content (AvgIpc) is 3.38. The van der Waals surface area contributed by atoms with E-state index in [1.54, 1.807) is 12.1 Å². The van der Waals surface area contributed by atoms with Crippen LogP contribution in [0.25, 0.3) is 22.3 Å². The van der Waals surface area contributed by atoms with E-state index in [0.29, 0.717) is 18.2 Å². The number of carboxylic acid groups (broad SMARTS) is 1. The van der Waals surface area contributed by atoms with Crippen LogP contribution >= 0.6 is 0 Å². The van der Waals surface area contributed by atoms with Crippen LogP contribution in [0.3, 0.4) is 0 Å². The molecule has 1 amide bonds. The SMILES string of the molecule is CN1CCC[C@H]1COC(=O)Nc1ccccc1-c1ccccc1.O=C(O)c1ccccc1-c1ccccc1. The first-order valence-corrected chi connectivity index (χ1v) is 12.7. The van der Waals surface area contributed by atoms with E-state index in [0.717, 1.165) is 40.9 Å². The summed E-state index contributed by atoms with van der Waals surface area (Å²) in [5.41, 5.74) is 4.84. The Balaban J connectivity index is 0.000000194. The Kier molecular flexibility index (Phi) is 9.27. The van der Waals surface area contributed by atoms with Crippen LogP contribution in [0.15, 0.2) is 109 Å². The number of benzene rings is 4. The summed E-state index contributed by atoms with van der Waals surface area (Å²) in [6, 6.07) is 34.6. The Morgan fingerprint density at radius 1 is 0.816 bits per heavy atom. The van der Waals surface area contributed by atoms with Crippen molar-refractivity contribution in [1.29, 1.82) is 0 Å². The van der Waals surface area contributed by atoms with Crippen molar-refractivity contribution in [3.05, 3.63) is 115 Å². The molecule has 1 heterocycles. The summed E-state index contributed by atoms with van der Waals surface area (Å²) in [6.07, 6.45) is 1.86. The molecule has 0 spiro atoms. The molecule has 1 aliphatic heterocycles. The van der Waals surface area contributed by atoms with Gasteiger partial charge in [0, 0.05) is 11.6 Å². The van der Waals surface area contributed by atoms with Crippen LogP contribution in [0.4, 0.5) is 10.5 Å². The molecule has 0 bridgehead atoms. The maximum atomic E-state index is 12.1. The van der Waals surface area contributed by atoms with E-state index in [1.165, 1.54) is 6.42 Å². The first-order chi connectivity index (χ1) is 18.5. The molecule has 4 aromatic rings. The van der Waals surface area contributed by atoms with Crippen LogP contribution < -0.4 is 5.32 Å². The van der Waals surface area contributed by atoms with Crippen molar-refractivity contribution in [2.75, 3.05) is 25.5 Å². The second-order valence-corrected chi connectivity index (χ2v) is 9.13. The third-order valence-corrected chi connectivity index (χ3v) is 6.57. The first kappa shape index (κ1) is 26.6. The number of hydrogen-bond acceptors (Lipinski definition) is 4. The summed E-state index contributed by atoms with van der Waals surface area (Å²) in [6.45, 7) is 1.52. The van der Waals surface area contributed by atoms with Crippen molar-refractivity contribution in [3.8, 4) is 22.3 Å². The van der Waals surface area contributed by atoms with Crippen LogP contribution in [0.5, 0.6) is 0 Å². The lowest BCUT2D eigenvalue weighted by molar-refractivity contribution is 0.0697. The number of amides is 1. The van der Waals surface area contributed by atoms with E-state index in [2.05, 4.69) is 17.3 Å². The fraction of sp³-hybridized carbons (Fsp3) is 0.188. The van der Waals surface area contributed by atoms with Crippen molar-refractivity contribution in [2.24, 2.45) is 0 Å². The smallest absolute Gasteiger partial charge is 0.411 e. The fourth-order valence-electron chi connectivity index (χ4n) is 4.51. The summed E-state index contributed by atoms with van der Waals surface area (Å²) >= 11 is 0. The Labute approximate surface area is 223 Å². The zero-order valence-electron chi connectivity index (χ0n) is 21.4. The highest BCUT2D eigenvalue weighted by atomic mass is 16.5. The number of anilines is 1. The molecular formula is C32H32N2O4. The van der Waals surface area contributed by atoms with Gasteiger partial charge in [-0.25, -0.2) is 9.59 Å². The highest BCUT2D eigenvalue weighted by molar-refractivity contribution is 5.96. The molecule has 5 rings (SSSR count). The van der Waals surface area contributed by atoms with Crippen molar-refractivity contribution < 1.29 is 19.4 Å². The molecule has 4 aromatic carbocycles. The van der Waals surface area contributed by atoms with Gasteiger partial charge in [0.05, 0.1) is 11.3 Å². The van der Waals surface area contributed by atoms with Crippen molar-refractivity contribution in [2.45, 2.75) is 18.9 Å². The van der Waals surface area contributed by atoms with Gasteiger partial charge < -0.3 is 14.7 Å². The van der Waals surface area contributed by atoms with Crippen LogP contribution in [0.1, 0.15) is 23.2 Å². The van der Waals surface area contributed by atoms with Crippen molar-refractivity contribution in [3.63, 3.8) is 0 Å². The molecule has 0 aliphatic carbocycles. The number of nitrogens with zero attached hydrogens (tertiary/aromatic N) is 1. The monoisotopic (exact) mass is 508 g/mol. The molecule has 0 radical (unpaired) electrons. The lowest BCUT2D eigenvalue weighted by Gasteiger charge is -2.19. The largest absolute Gasteiger partial charge is 0.478 e. The van der Waals surface area contributed by atoms with E-state index in [9.17, 15) is 9.59 Å². The summed E-state index contributed by atoms with van der Waals surface area (Å²) in [5, 5.41) is 11.9. The predicted molar refractivity (Wildman–Crippen MR) is 151 cm³/mol. The number of carbonyl (C=O) groups excluding carboxylic acids is 1. The number of ether oxygens (including phenoxy) is 1. The standard InChI is InChI=1S/C19H22N2O2.C13H10O2/c1-21-13-7-10-16(21)14-23-19(22)20-18-12-6-5-11-17(18)15-8-3-2-4-9-15;14-13(15)12-9-5-4-8-11(12)10-6-2-1-3-7-10/h2-6,8-9,11-12,16H,7,10,13-14H2,1H3,(H,20,22);1-9H,(H,14,15)/t16-;/m0./s1. The van der Waals surface area contributed by atoms with Crippen molar-refractivity contribution in [1.82, 2.24) is 4.90 Å². The minimum atomic E-state index is -0.894. The molecule has 38 heavy (non-hydrogen) atoms. The number of nitrogens with one attached hydrogen (secondary N) is 1. The second kappa shape index (κ2) is 13.2. The van der Waals surface area contributed by atoms with Gasteiger partial charge in [0.2, 0.25) is 0 Å². The fourth-order valence-corrected chi connectivity index (χ4v) is 4.51. The van der Waals surface area contributed by atoms with Gasteiger partial charge >= 0.3 is 12.1 Å². The maximum Gasteiger partial charge on any atom is 0.411 e. The van der Waals surface area contributed by atoms with E-state index in [1.807, 2.05) is 97.1 Å². The van der Waals surface area contributed by atoms with Gasteiger partial charge in [0.25, 0.3) is 0 Å². The Morgan fingerprint density at radius 2 is 1.37 bits per heavy atom. The van der Waals surface area contributed by atoms with E-state index >= 15 is 0 Å². The van der Waals surface area contributed by atoms with Crippen LogP contribution in [0, 0.1) is 0 Å². The summed E-state index contributed by atoms with van der Waals surface area (Å²) in [5.74, 6) is -0.894. The van der Waals surface area contributed by atoms with Gasteiger partial charge in [-0.3, -0.25) is 5.32 Å². The number of carboxylic acids is 1. The lowest BCUT2D eigenvalue weighted by Crippen LogP contribution is -2.31. The van der Waals surface area contributed by atoms with E-state index in [-0.39, 0.29) is 0 Å². The molecule has 1 fully saturated rings. The highest BCUT2D eigenvalue weighted by Gasteiger charge is 2.22. The minimum Gasteiger partial charge on any atom is -0.478 e. The number of aromatic carboxylic acids is 1. The number of carbonyl (C=O) groups is 2. The maximum absolute atomic E-state index is 12.1. The molecule has 6 heteroatoms. The number of likely N-dealkylation sites (N-methyl/N-ethyl adjacent to an activating group) is 1. The third kappa shape index (κ3) is 7.08. The zero-order chi connectivity index (χ0) is 26.7. The van der Waals surface area contributed by atoms with Crippen LogP contribution in [-0.2, 0) is 4.74 Å². The molecule has 1 saturated heterocycles. The number of rotatable bonds is 6. The molecule has 0 aromatic heterocycles. The van der Waals surface area contributed by atoms with Gasteiger partial charge in [0.15, 0.2) is 0 Å². The summed E-state index contributed by atoms with van der Waals surface area (Å²) in [4.78, 5) is 25.3. The van der Waals surface area contributed by atoms with E-state index < -0.39 is 12.1 Å². The van der Waals surface area contributed by atoms with Crippen LogP contribution in [0.2, 0.25) is 0 Å². The number of hydrogen-bond donors (Lipinski definition) is 2. The van der Waals surface area contributed by atoms with Gasteiger partial charge in [-0.15, -0.1) is 0 Å². The topological polar surface area (TPSA) is 78.9 Å². The van der Waals surface area contributed by atoms with Gasteiger partial charge in [0.1, 0.15) is 6.61 Å². The molecular weight excluding hydrogens is 476 g/mol. The molecule has 6 nitrogen and oxygen atoms in total. The van der Waals surface area contributed by atoms with Crippen LogP contribution in [-0.4, -0.2) is 48.3 Å². The lowest BCUT2D eigenvalue weighted by atomic mass is 10.00. The second-order valence-electron chi connectivity index (χ2n) is 9.13. The molecule has 0 unspecified atom stereocenters. The van der Waals surface area contributed by atoms with Gasteiger partial charge in [-0.05, 0) is 55.3 Å². The minimum absolute atomic E-state index is 0.337. The molecule has 194 valence electrons. The normalized spacial score (nSPS) is 14.7. The van der Waals surface area contributed by atoms with Crippen molar-refractivity contribution >= 4 is 17.7 Å². The summed E-state index contributed by atoms with van der Waals surface area (Å²) < 4.78 is 5.40. The van der Waals surface area contributed by atoms with Gasteiger partial charge in [-0.2, -0.15) is 0 Å². The summed E-state index contributed by atoms with van der Waals surface area (Å²) in [7, 11) is 2.07. The quantitative estimate of drug-likeness (QED) is 0.292. The molecule has 2 N–H and O–H groups in total. The molecule has 1 atom stereocenters.